The second-order valence-electron chi connectivity index (χ2n) is 5.45. The van der Waals surface area contributed by atoms with Gasteiger partial charge in [-0.05, 0) is 16.7 Å². The third-order valence-electron chi connectivity index (χ3n) is 3.71. The largest absolute Gasteiger partial charge is 0.294 e. The van der Waals surface area contributed by atoms with Gasteiger partial charge in [0.05, 0.1) is 0 Å². The minimum absolute atomic E-state index is 0.151. The molecular formula is C22H18O. The van der Waals surface area contributed by atoms with E-state index in [0.29, 0.717) is 6.42 Å². The van der Waals surface area contributed by atoms with Gasteiger partial charge in [-0.25, -0.2) is 0 Å². The quantitative estimate of drug-likeness (QED) is 0.462. The Bertz CT molecular complexity index is 784. The summed E-state index contributed by atoms with van der Waals surface area (Å²) in [5.74, 6) is 0.151. The average molecular weight is 298 g/mol. The molecule has 0 aromatic heterocycles. The minimum atomic E-state index is 0.151. The molecule has 0 bridgehead atoms. The van der Waals surface area contributed by atoms with Crippen LogP contribution < -0.4 is 0 Å². The normalized spacial score (nSPS) is 10.8. The van der Waals surface area contributed by atoms with Gasteiger partial charge >= 0.3 is 0 Å². The summed E-state index contributed by atoms with van der Waals surface area (Å²) in [4.78, 5) is 12.2. The highest BCUT2D eigenvalue weighted by molar-refractivity contribution is 5.97. The molecule has 0 unspecified atom stereocenters. The van der Waals surface area contributed by atoms with Crippen LogP contribution in [0.5, 0.6) is 0 Å². The Kier molecular flexibility index (Phi) is 4.80. The molecule has 0 radical (unpaired) electrons. The van der Waals surface area contributed by atoms with Crippen LogP contribution >= 0.6 is 0 Å². The number of hydrogen-bond acceptors (Lipinski definition) is 1. The van der Waals surface area contributed by atoms with E-state index in [2.05, 4.69) is 24.3 Å². The SMILES string of the molecule is O=C(Cc1ccc(C=Cc2ccccc2)cc1)c1ccccc1. The lowest BCUT2D eigenvalue weighted by atomic mass is 10.0. The van der Waals surface area contributed by atoms with Crippen molar-refractivity contribution < 1.29 is 4.79 Å². The van der Waals surface area contributed by atoms with Gasteiger partial charge in [-0.15, -0.1) is 0 Å². The molecule has 0 aliphatic carbocycles. The number of benzene rings is 3. The van der Waals surface area contributed by atoms with Crippen molar-refractivity contribution >= 4 is 17.9 Å². The van der Waals surface area contributed by atoms with E-state index in [0.717, 1.165) is 16.7 Å². The van der Waals surface area contributed by atoms with Gasteiger partial charge in [-0.3, -0.25) is 4.79 Å². The highest BCUT2D eigenvalue weighted by atomic mass is 16.1. The number of Topliss-reactive ketones (excluding diaryl/α,β-unsaturated/α-hetero) is 1. The van der Waals surface area contributed by atoms with Crippen molar-refractivity contribution in [1.29, 1.82) is 0 Å². The first-order valence-electron chi connectivity index (χ1n) is 7.71. The molecular weight excluding hydrogens is 280 g/mol. The van der Waals surface area contributed by atoms with E-state index in [9.17, 15) is 4.79 Å². The highest BCUT2D eigenvalue weighted by Gasteiger charge is 2.05. The lowest BCUT2D eigenvalue weighted by molar-refractivity contribution is 0.0993. The van der Waals surface area contributed by atoms with E-state index < -0.39 is 0 Å². The summed E-state index contributed by atoms with van der Waals surface area (Å²) in [6, 6.07) is 27.8. The van der Waals surface area contributed by atoms with Crippen LogP contribution in [0.25, 0.3) is 12.2 Å². The summed E-state index contributed by atoms with van der Waals surface area (Å²) in [6.45, 7) is 0. The number of carbonyl (C=O) groups is 1. The fourth-order valence-electron chi connectivity index (χ4n) is 2.41. The molecule has 0 fully saturated rings. The molecule has 0 saturated carbocycles. The zero-order valence-electron chi connectivity index (χ0n) is 12.9. The Labute approximate surface area is 136 Å². The second-order valence-corrected chi connectivity index (χ2v) is 5.45. The first-order valence-corrected chi connectivity index (χ1v) is 7.71. The van der Waals surface area contributed by atoms with Crippen LogP contribution in [0.2, 0.25) is 0 Å². The van der Waals surface area contributed by atoms with Crippen LogP contribution in [-0.2, 0) is 6.42 Å². The van der Waals surface area contributed by atoms with Crippen molar-refractivity contribution in [1.82, 2.24) is 0 Å². The summed E-state index contributed by atoms with van der Waals surface area (Å²) < 4.78 is 0. The summed E-state index contributed by atoms with van der Waals surface area (Å²) in [5, 5.41) is 0. The van der Waals surface area contributed by atoms with Gasteiger partial charge in [-0.1, -0.05) is 97.1 Å². The van der Waals surface area contributed by atoms with Crippen molar-refractivity contribution in [2.45, 2.75) is 6.42 Å². The minimum Gasteiger partial charge on any atom is -0.294 e. The zero-order valence-corrected chi connectivity index (χ0v) is 12.9. The van der Waals surface area contributed by atoms with Gasteiger partial charge in [0.1, 0.15) is 0 Å². The fraction of sp³-hybridized carbons (Fsp3) is 0.0455. The number of rotatable bonds is 5. The monoisotopic (exact) mass is 298 g/mol. The summed E-state index contributed by atoms with van der Waals surface area (Å²) in [6.07, 6.45) is 4.61. The Hall–Kier alpha value is -2.93. The fourth-order valence-corrected chi connectivity index (χ4v) is 2.41. The Balaban J connectivity index is 1.65. The topological polar surface area (TPSA) is 17.1 Å². The predicted octanol–water partition coefficient (Wildman–Crippen LogP) is 5.28. The van der Waals surface area contributed by atoms with E-state index in [1.165, 1.54) is 5.56 Å². The van der Waals surface area contributed by atoms with Gasteiger partial charge in [0, 0.05) is 12.0 Å². The van der Waals surface area contributed by atoms with Crippen LogP contribution in [0, 0.1) is 0 Å². The Morgan fingerprint density at radius 3 is 1.78 bits per heavy atom. The molecule has 23 heavy (non-hydrogen) atoms. The van der Waals surface area contributed by atoms with Crippen molar-refractivity contribution in [2.75, 3.05) is 0 Å². The molecule has 0 atom stereocenters. The predicted molar refractivity (Wildman–Crippen MR) is 96.3 cm³/mol. The highest BCUT2D eigenvalue weighted by Crippen LogP contribution is 2.12. The van der Waals surface area contributed by atoms with Crippen molar-refractivity contribution in [3.05, 3.63) is 107 Å². The number of hydrogen-bond donors (Lipinski definition) is 0. The standard InChI is InChI=1S/C22H18O/c23-22(21-9-5-2-6-10-21)17-20-15-13-19(14-16-20)12-11-18-7-3-1-4-8-18/h1-16H,17H2. The average Bonchev–Trinajstić information content (AvgIpc) is 2.63. The second kappa shape index (κ2) is 7.37. The molecule has 0 spiro atoms. The molecule has 1 nitrogen and oxygen atoms in total. The van der Waals surface area contributed by atoms with Gasteiger partial charge in [0.25, 0.3) is 0 Å². The van der Waals surface area contributed by atoms with Gasteiger partial charge in [0.15, 0.2) is 5.78 Å². The molecule has 0 N–H and O–H groups in total. The molecule has 3 aromatic carbocycles. The molecule has 0 aliphatic rings. The van der Waals surface area contributed by atoms with E-state index in [-0.39, 0.29) is 5.78 Å². The smallest absolute Gasteiger partial charge is 0.167 e. The van der Waals surface area contributed by atoms with Crippen molar-refractivity contribution in [3.63, 3.8) is 0 Å². The van der Waals surface area contributed by atoms with Crippen molar-refractivity contribution in [3.8, 4) is 0 Å². The molecule has 112 valence electrons. The van der Waals surface area contributed by atoms with E-state index >= 15 is 0 Å². The number of ketones is 1. The Morgan fingerprint density at radius 1 is 0.652 bits per heavy atom. The lowest BCUT2D eigenvalue weighted by Gasteiger charge is -2.02. The van der Waals surface area contributed by atoms with E-state index in [1.807, 2.05) is 72.8 Å². The van der Waals surface area contributed by atoms with E-state index in [1.54, 1.807) is 0 Å². The lowest BCUT2D eigenvalue weighted by Crippen LogP contribution is -2.02. The maximum atomic E-state index is 12.2. The van der Waals surface area contributed by atoms with Gasteiger partial charge in [0.2, 0.25) is 0 Å². The van der Waals surface area contributed by atoms with Crippen LogP contribution in [0.3, 0.4) is 0 Å². The molecule has 0 saturated heterocycles. The molecule has 0 amide bonds. The molecule has 3 aromatic rings. The maximum absolute atomic E-state index is 12.2. The van der Waals surface area contributed by atoms with Crippen LogP contribution in [0.15, 0.2) is 84.9 Å². The first-order chi connectivity index (χ1) is 11.3. The van der Waals surface area contributed by atoms with E-state index in [4.69, 9.17) is 0 Å². The van der Waals surface area contributed by atoms with Crippen LogP contribution in [-0.4, -0.2) is 5.78 Å². The maximum Gasteiger partial charge on any atom is 0.167 e. The molecule has 3 rings (SSSR count). The van der Waals surface area contributed by atoms with Crippen molar-refractivity contribution in [2.24, 2.45) is 0 Å². The molecule has 1 heteroatoms. The third kappa shape index (κ3) is 4.27. The summed E-state index contributed by atoms with van der Waals surface area (Å²) >= 11 is 0. The molecule has 0 aliphatic heterocycles. The van der Waals surface area contributed by atoms with Crippen LogP contribution in [0.4, 0.5) is 0 Å². The van der Waals surface area contributed by atoms with Gasteiger partial charge in [-0.2, -0.15) is 0 Å². The summed E-state index contributed by atoms with van der Waals surface area (Å²) in [7, 11) is 0. The van der Waals surface area contributed by atoms with Gasteiger partial charge < -0.3 is 0 Å². The third-order valence-corrected chi connectivity index (χ3v) is 3.71. The van der Waals surface area contributed by atoms with Crippen LogP contribution in [0.1, 0.15) is 27.0 Å². The zero-order chi connectivity index (χ0) is 15.9. The molecule has 0 heterocycles. The summed E-state index contributed by atoms with van der Waals surface area (Å²) in [5.41, 5.74) is 4.11. The Morgan fingerprint density at radius 2 is 1.17 bits per heavy atom. The first kappa shape index (κ1) is 15.0. The number of carbonyl (C=O) groups excluding carboxylic acids is 1.